The van der Waals surface area contributed by atoms with E-state index >= 15 is 0 Å². The van der Waals surface area contributed by atoms with Gasteiger partial charge in [0.1, 0.15) is 15.9 Å². The molecule has 0 aliphatic carbocycles. The molecule has 1 saturated heterocycles. The number of aliphatic carboxylic acids is 1. The molecule has 6 heteroatoms. The Morgan fingerprint density at radius 3 is 3.00 bits per heavy atom. The molecule has 0 aromatic carbocycles. The Kier molecular flexibility index (Phi) is 1.69. The van der Waals surface area contributed by atoms with Crippen LogP contribution in [-0.2, 0) is 9.59 Å². The first kappa shape index (κ1) is 8.12. The lowest BCUT2D eigenvalue weighted by Crippen LogP contribution is -2.58. The lowest BCUT2D eigenvalue weighted by molar-refractivity contribution is -0.144. The van der Waals surface area contributed by atoms with Crippen molar-refractivity contribution < 1.29 is 14.7 Å². The van der Waals surface area contributed by atoms with Crippen LogP contribution < -0.4 is 0 Å². The van der Waals surface area contributed by atoms with Gasteiger partial charge in [0.05, 0.1) is 0 Å². The summed E-state index contributed by atoms with van der Waals surface area (Å²) in [6, 6.07) is 0. The van der Waals surface area contributed by atoms with Crippen LogP contribution in [0.1, 0.15) is 0 Å². The van der Waals surface area contributed by atoms with Gasteiger partial charge in [-0.3, -0.25) is 9.69 Å². The van der Waals surface area contributed by atoms with Gasteiger partial charge >= 0.3 is 5.97 Å². The summed E-state index contributed by atoms with van der Waals surface area (Å²) >= 11 is 4.53. The van der Waals surface area contributed by atoms with E-state index in [0.29, 0.717) is 0 Å². The lowest BCUT2D eigenvalue weighted by atomic mass is 10.2. The lowest BCUT2D eigenvalue weighted by Gasteiger charge is -2.38. The van der Waals surface area contributed by atoms with Crippen LogP contribution >= 0.6 is 27.7 Å². The Bertz CT molecular complexity index is 303. The van der Waals surface area contributed by atoms with Crippen molar-refractivity contribution >= 4 is 39.6 Å². The first-order valence-corrected chi connectivity index (χ1v) is 5.05. The van der Waals surface area contributed by atoms with Crippen LogP contribution in [0.5, 0.6) is 0 Å². The third kappa shape index (κ3) is 0.847. The second kappa shape index (κ2) is 2.50. The Labute approximate surface area is 80.7 Å². The number of hydrogen-bond acceptors (Lipinski definition) is 3. The molecule has 2 aliphatic heterocycles. The summed E-state index contributed by atoms with van der Waals surface area (Å²) in [5.41, 5.74) is 0.0886. The summed E-state index contributed by atoms with van der Waals surface area (Å²) in [7, 11) is 0. The molecule has 12 heavy (non-hydrogen) atoms. The number of carboxylic acids is 1. The van der Waals surface area contributed by atoms with Crippen LogP contribution in [0.4, 0.5) is 0 Å². The summed E-state index contributed by atoms with van der Waals surface area (Å²) in [6.07, 6.45) is 0. The van der Waals surface area contributed by atoms with Gasteiger partial charge in [0, 0.05) is 5.41 Å². The maximum absolute atomic E-state index is 11.1. The molecule has 0 unspecified atom stereocenters. The number of nitrogens with zero attached hydrogens (tertiary/aromatic N) is 1. The summed E-state index contributed by atoms with van der Waals surface area (Å²) in [6.45, 7) is 0. The van der Waals surface area contributed by atoms with Crippen molar-refractivity contribution in [2.45, 2.75) is 10.2 Å². The van der Waals surface area contributed by atoms with E-state index in [2.05, 4.69) is 15.9 Å². The maximum Gasteiger partial charge on any atom is 0.353 e. The number of hydrogen-bond donors (Lipinski definition) is 1. The third-order valence-corrected chi connectivity index (χ3v) is 4.14. The highest BCUT2D eigenvalue weighted by molar-refractivity contribution is 9.10. The van der Waals surface area contributed by atoms with Gasteiger partial charge in [0.15, 0.2) is 0 Å². The quantitative estimate of drug-likeness (QED) is 0.546. The highest BCUT2D eigenvalue weighted by Gasteiger charge is 2.52. The van der Waals surface area contributed by atoms with Crippen LogP contribution in [0.15, 0.2) is 11.1 Å². The number of amides is 1. The second-order valence-electron chi connectivity index (χ2n) is 2.44. The highest BCUT2D eigenvalue weighted by Crippen LogP contribution is 2.44. The molecule has 0 radical (unpaired) electrons. The third-order valence-electron chi connectivity index (χ3n) is 1.78. The standard InChI is InChI=1S/C6H4BrNO3S/c7-3-4(9)8-2(6(10)11)1-12-5(3)8/h1,3,5H,(H,10,11)/t3-,5-/m1/s1. The van der Waals surface area contributed by atoms with Crippen molar-refractivity contribution in [3.05, 3.63) is 11.1 Å². The molecule has 2 atom stereocenters. The van der Waals surface area contributed by atoms with Gasteiger partial charge in [-0.15, -0.1) is 11.8 Å². The van der Waals surface area contributed by atoms with E-state index in [-0.39, 0.29) is 21.8 Å². The van der Waals surface area contributed by atoms with Crippen molar-refractivity contribution in [1.82, 2.24) is 4.90 Å². The topological polar surface area (TPSA) is 57.6 Å². The van der Waals surface area contributed by atoms with Crippen molar-refractivity contribution in [2.24, 2.45) is 0 Å². The van der Waals surface area contributed by atoms with Crippen LogP contribution in [0.2, 0.25) is 0 Å². The number of rotatable bonds is 1. The Morgan fingerprint density at radius 1 is 1.75 bits per heavy atom. The van der Waals surface area contributed by atoms with Crippen molar-refractivity contribution in [1.29, 1.82) is 0 Å². The zero-order chi connectivity index (χ0) is 8.88. The zero-order valence-electron chi connectivity index (χ0n) is 5.73. The molecule has 0 aromatic rings. The molecular weight excluding hydrogens is 246 g/mol. The fourth-order valence-electron chi connectivity index (χ4n) is 1.16. The molecular formula is C6H4BrNO3S. The number of carbonyl (C=O) groups excluding carboxylic acids is 1. The second-order valence-corrected chi connectivity index (χ2v) is 4.42. The van der Waals surface area contributed by atoms with Gasteiger partial charge < -0.3 is 5.11 Å². The molecule has 0 spiro atoms. The van der Waals surface area contributed by atoms with Gasteiger partial charge in [-0.25, -0.2) is 4.79 Å². The normalized spacial score (nSPS) is 32.6. The molecule has 0 aromatic heterocycles. The van der Waals surface area contributed by atoms with Crippen molar-refractivity contribution in [2.75, 3.05) is 0 Å². The Morgan fingerprint density at radius 2 is 2.42 bits per heavy atom. The molecule has 1 N–H and O–H groups in total. The first-order chi connectivity index (χ1) is 5.63. The van der Waals surface area contributed by atoms with Gasteiger partial charge in [-0.1, -0.05) is 15.9 Å². The molecule has 2 aliphatic rings. The summed E-state index contributed by atoms with van der Waals surface area (Å²) in [4.78, 5) is 22.7. The monoisotopic (exact) mass is 249 g/mol. The van der Waals surface area contributed by atoms with E-state index in [1.165, 1.54) is 22.1 Å². The summed E-state index contributed by atoms with van der Waals surface area (Å²) in [5, 5.41) is 10.1. The number of β-lactam (4-membered cyclic amide) rings is 1. The number of thioether (sulfide) groups is 1. The largest absolute Gasteiger partial charge is 0.477 e. The minimum Gasteiger partial charge on any atom is -0.477 e. The van der Waals surface area contributed by atoms with Gasteiger partial charge in [0.2, 0.25) is 5.91 Å². The minimum atomic E-state index is -1.04. The Hall–Kier alpha value is -0.490. The SMILES string of the molecule is O=C(O)C1=CS[C@@H]2[C@H](Br)C(=O)N12. The average molecular weight is 250 g/mol. The zero-order valence-corrected chi connectivity index (χ0v) is 8.13. The highest BCUT2D eigenvalue weighted by atomic mass is 79.9. The molecule has 2 rings (SSSR count). The smallest absolute Gasteiger partial charge is 0.353 e. The van der Waals surface area contributed by atoms with Gasteiger partial charge in [0.25, 0.3) is 0 Å². The molecule has 0 bridgehead atoms. The predicted molar refractivity (Wildman–Crippen MR) is 46.7 cm³/mol. The van der Waals surface area contributed by atoms with E-state index < -0.39 is 5.97 Å². The fourth-order valence-corrected chi connectivity index (χ4v) is 3.07. The van der Waals surface area contributed by atoms with E-state index in [0.717, 1.165) is 0 Å². The van der Waals surface area contributed by atoms with Crippen molar-refractivity contribution in [3.8, 4) is 0 Å². The summed E-state index contributed by atoms with van der Waals surface area (Å²) in [5.74, 6) is -1.21. The van der Waals surface area contributed by atoms with E-state index in [4.69, 9.17) is 5.11 Å². The average Bonchev–Trinajstić information content (AvgIpc) is 2.43. The molecule has 4 nitrogen and oxygen atoms in total. The molecule has 0 saturated carbocycles. The number of carboxylic acid groups (broad SMARTS) is 1. The molecule has 1 fully saturated rings. The molecule has 2 heterocycles. The fraction of sp³-hybridized carbons (Fsp3) is 0.333. The maximum atomic E-state index is 11.1. The number of alkyl halides is 1. The number of fused-ring (bicyclic) bond motifs is 1. The Balaban J connectivity index is 2.23. The van der Waals surface area contributed by atoms with Crippen LogP contribution in [0.3, 0.4) is 0 Å². The van der Waals surface area contributed by atoms with Crippen LogP contribution in [0.25, 0.3) is 0 Å². The van der Waals surface area contributed by atoms with Gasteiger partial charge in [-0.05, 0) is 0 Å². The molecule has 1 amide bonds. The van der Waals surface area contributed by atoms with E-state index in [1.54, 1.807) is 0 Å². The van der Waals surface area contributed by atoms with Crippen molar-refractivity contribution in [3.63, 3.8) is 0 Å². The number of carbonyl (C=O) groups is 2. The predicted octanol–water partition coefficient (Wildman–Crippen LogP) is 0.591. The van der Waals surface area contributed by atoms with E-state index in [1.807, 2.05) is 0 Å². The first-order valence-electron chi connectivity index (χ1n) is 3.19. The minimum absolute atomic E-state index is 0.0522. The summed E-state index contributed by atoms with van der Waals surface area (Å²) < 4.78 is 0. The van der Waals surface area contributed by atoms with Crippen LogP contribution in [0, 0.1) is 0 Å². The number of halogens is 1. The van der Waals surface area contributed by atoms with E-state index in [9.17, 15) is 9.59 Å². The van der Waals surface area contributed by atoms with Gasteiger partial charge in [-0.2, -0.15) is 0 Å². The molecule has 64 valence electrons. The van der Waals surface area contributed by atoms with Crippen LogP contribution in [-0.4, -0.2) is 32.1 Å².